The van der Waals surface area contributed by atoms with Gasteiger partial charge in [0.25, 0.3) is 0 Å². The van der Waals surface area contributed by atoms with E-state index >= 15 is 0 Å². The summed E-state index contributed by atoms with van der Waals surface area (Å²) >= 11 is 1.59. The highest BCUT2D eigenvalue weighted by atomic mass is 32.2. The van der Waals surface area contributed by atoms with Gasteiger partial charge in [0.1, 0.15) is 0 Å². The van der Waals surface area contributed by atoms with Crippen LogP contribution in [0.25, 0.3) is 0 Å². The van der Waals surface area contributed by atoms with Crippen molar-refractivity contribution in [2.45, 2.75) is 56.5 Å². The minimum atomic E-state index is -0.207. The Morgan fingerprint density at radius 2 is 1.88 bits per heavy atom. The molecule has 1 N–H and O–H groups in total. The summed E-state index contributed by atoms with van der Waals surface area (Å²) in [5, 5.41) is 3.15. The van der Waals surface area contributed by atoms with Crippen molar-refractivity contribution < 1.29 is 14.4 Å². The fraction of sp³-hybridized carbons (Fsp3) is 0.842. The maximum Gasteiger partial charge on any atom is 0.242 e. The maximum atomic E-state index is 12.5. The Morgan fingerprint density at radius 1 is 1.23 bits per heavy atom. The molecule has 0 radical (unpaired) electrons. The molecule has 0 aromatic heterocycles. The number of imide groups is 1. The summed E-state index contributed by atoms with van der Waals surface area (Å²) in [7, 11) is 3.98. The van der Waals surface area contributed by atoms with Crippen LogP contribution in [0.3, 0.4) is 0 Å². The van der Waals surface area contributed by atoms with Crippen LogP contribution < -0.4 is 5.32 Å². The second-order valence-electron chi connectivity index (χ2n) is 8.03. The molecule has 1 saturated carbocycles. The Morgan fingerprint density at radius 3 is 2.46 bits per heavy atom. The number of likely N-dealkylation sites (tertiary alicyclic amines) is 1. The molecule has 2 fully saturated rings. The molecule has 1 aliphatic heterocycles. The van der Waals surface area contributed by atoms with E-state index < -0.39 is 0 Å². The molecule has 1 aliphatic carbocycles. The van der Waals surface area contributed by atoms with Crippen LogP contribution in [-0.2, 0) is 14.4 Å². The molecular formula is C19H33N3O3S. The second-order valence-corrected chi connectivity index (χ2v) is 9.82. The molecule has 6 nitrogen and oxygen atoms in total. The van der Waals surface area contributed by atoms with E-state index in [2.05, 4.69) is 19.2 Å². The molecular weight excluding hydrogens is 350 g/mol. The predicted molar refractivity (Wildman–Crippen MR) is 105 cm³/mol. The minimum absolute atomic E-state index is 0.0164. The van der Waals surface area contributed by atoms with E-state index in [1.54, 1.807) is 11.8 Å². The lowest BCUT2D eigenvalue weighted by molar-refractivity contribution is -0.139. The molecule has 0 aromatic carbocycles. The van der Waals surface area contributed by atoms with Gasteiger partial charge in [-0.05, 0) is 50.9 Å². The van der Waals surface area contributed by atoms with Gasteiger partial charge >= 0.3 is 0 Å². The maximum absolute atomic E-state index is 12.5. The Bertz CT molecular complexity index is 516. The molecule has 1 saturated heterocycles. The van der Waals surface area contributed by atoms with Crippen molar-refractivity contribution in [1.29, 1.82) is 0 Å². The number of carbonyl (C=O) groups excluding carboxylic acids is 3. The first kappa shape index (κ1) is 21.2. The van der Waals surface area contributed by atoms with Crippen LogP contribution in [-0.4, -0.2) is 71.8 Å². The van der Waals surface area contributed by atoms with E-state index in [4.69, 9.17) is 0 Å². The molecule has 1 heterocycles. The lowest BCUT2D eigenvalue weighted by Crippen LogP contribution is -2.40. The molecule has 0 bridgehead atoms. The third kappa shape index (κ3) is 5.98. The van der Waals surface area contributed by atoms with Gasteiger partial charge in [0.2, 0.25) is 17.7 Å². The van der Waals surface area contributed by atoms with Crippen LogP contribution in [0.1, 0.15) is 46.0 Å². The van der Waals surface area contributed by atoms with Crippen molar-refractivity contribution in [3.63, 3.8) is 0 Å². The first-order valence-corrected chi connectivity index (χ1v) is 10.6. The summed E-state index contributed by atoms with van der Waals surface area (Å²) in [4.78, 5) is 40.5. The van der Waals surface area contributed by atoms with Crippen LogP contribution in [0.4, 0.5) is 0 Å². The van der Waals surface area contributed by atoms with Crippen molar-refractivity contribution in [3.05, 3.63) is 0 Å². The fourth-order valence-corrected chi connectivity index (χ4v) is 4.83. The Labute approximate surface area is 161 Å². The normalized spacial score (nSPS) is 26.8. The van der Waals surface area contributed by atoms with Gasteiger partial charge in [-0.25, -0.2) is 0 Å². The quantitative estimate of drug-likeness (QED) is 0.647. The highest BCUT2D eigenvalue weighted by molar-refractivity contribution is 8.01. The summed E-state index contributed by atoms with van der Waals surface area (Å²) in [6.07, 6.45) is 3.85. The molecule has 0 aromatic rings. The van der Waals surface area contributed by atoms with Crippen LogP contribution in [0, 0.1) is 11.8 Å². The molecule has 0 spiro atoms. The van der Waals surface area contributed by atoms with Gasteiger partial charge in [0, 0.05) is 32.0 Å². The zero-order valence-corrected chi connectivity index (χ0v) is 17.3. The summed E-state index contributed by atoms with van der Waals surface area (Å²) in [5.41, 5.74) is 0. The van der Waals surface area contributed by atoms with E-state index in [-0.39, 0.29) is 28.9 Å². The van der Waals surface area contributed by atoms with E-state index in [0.717, 1.165) is 32.2 Å². The predicted octanol–water partition coefficient (Wildman–Crippen LogP) is 1.74. The number of hydrogen-bond donors (Lipinski definition) is 1. The number of nitrogens with zero attached hydrogens (tertiary/aromatic N) is 2. The Kier molecular flexibility index (Phi) is 7.95. The zero-order valence-electron chi connectivity index (χ0n) is 16.5. The van der Waals surface area contributed by atoms with Gasteiger partial charge in [-0.3, -0.25) is 19.3 Å². The largest absolute Gasteiger partial charge is 0.355 e. The third-order valence-corrected chi connectivity index (χ3v) is 6.40. The second kappa shape index (κ2) is 9.74. The molecule has 7 heteroatoms. The van der Waals surface area contributed by atoms with Gasteiger partial charge < -0.3 is 10.2 Å². The van der Waals surface area contributed by atoms with Crippen LogP contribution in [0.2, 0.25) is 0 Å². The third-order valence-electron chi connectivity index (χ3n) is 5.16. The molecule has 148 valence electrons. The van der Waals surface area contributed by atoms with E-state index in [1.165, 1.54) is 4.90 Å². The lowest BCUT2D eigenvalue weighted by atomic mass is 9.81. The molecule has 1 unspecified atom stereocenters. The lowest BCUT2D eigenvalue weighted by Gasteiger charge is -2.30. The standard InChI is InChI=1S/C19H33N3O3S/c1-13(2)26-16-11-17(23)22(19(16)25)12-14-5-7-15(8-6-14)18(24)20-9-10-21(3)4/h13-16H,5-12H2,1-4H3,(H,20,24). The van der Waals surface area contributed by atoms with Gasteiger partial charge in [0.15, 0.2) is 0 Å². The molecule has 3 amide bonds. The molecule has 26 heavy (non-hydrogen) atoms. The number of hydrogen-bond acceptors (Lipinski definition) is 5. The summed E-state index contributed by atoms with van der Waals surface area (Å²) in [6.45, 7) is 6.15. The van der Waals surface area contributed by atoms with Gasteiger partial charge in [-0.1, -0.05) is 13.8 Å². The van der Waals surface area contributed by atoms with Crippen molar-refractivity contribution in [1.82, 2.24) is 15.1 Å². The Hall–Kier alpha value is -1.08. The number of thioether (sulfide) groups is 1. The fourth-order valence-electron chi connectivity index (χ4n) is 3.69. The van der Waals surface area contributed by atoms with Crippen LogP contribution in [0.15, 0.2) is 0 Å². The van der Waals surface area contributed by atoms with Crippen molar-refractivity contribution in [3.8, 4) is 0 Å². The summed E-state index contributed by atoms with van der Waals surface area (Å²) in [5.74, 6) is 0.500. The highest BCUT2D eigenvalue weighted by Gasteiger charge is 2.40. The smallest absolute Gasteiger partial charge is 0.242 e. The number of nitrogens with one attached hydrogen (secondary N) is 1. The first-order chi connectivity index (χ1) is 12.3. The summed E-state index contributed by atoms with van der Waals surface area (Å²) in [6, 6.07) is 0. The van der Waals surface area contributed by atoms with Crippen molar-refractivity contribution in [2.75, 3.05) is 33.7 Å². The van der Waals surface area contributed by atoms with Crippen molar-refractivity contribution >= 4 is 29.5 Å². The van der Waals surface area contributed by atoms with Gasteiger partial charge in [0.05, 0.1) is 5.25 Å². The van der Waals surface area contributed by atoms with Gasteiger partial charge in [-0.15, -0.1) is 11.8 Å². The van der Waals surface area contributed by atoms with E-state index in [9.17, 15) is 14.4 Å². The average molecular weight is 384 g/mol. The highest BCUT2D eigenvalue weighted by Crippen LogP contribution is 2.33. The van der Waals surface area contributed by atoms with Crippen molar-refractivity contribution in [2.24, 2.45) is 11.8 Å². The van der Waals surface area contributed by atoms with Gasteiger partial charge in [-0.2, -0.15) is 0 Å². The Balaban J connectivity index is 1.75. The zero-order chi connectivity index (χ0) is 19.3. The molecule has 2 aliphatic rings. The first-order valence-electron chi connectivity index (χ1n) is 9.70. The van der Waals surface area contributed by atoms with Crippen LogP contribution >= 0.6 is 11.8 Å². The number of carbonyl (C=O) groups is 3. The topological polar surface area (TPSA) is 69.7 Å². The average Bonchev–Trinajstić information content (AvgIpc) is 2.82. The summed E-state index contributed by atoms with van der Waals surface area (Å²) < 4.78 is 0. The van der Waals surface area contributed by atoms with E-state index in [1.807, 2.05) is 19.0 Å². The SMILES string of the molecule is CC(C)SC1CC(=O)N(CC2CCC(C(=O)NCCN(C)C)CC2)C1=O. The number of rotatable bonds is 8. The number of amides is 3. The van der Waals surface area contributed by atoms with Crippen LogP contribution in [0.5, 0.6) is 0 Å². The number of likely N-dealkylation sites (N-methyl/N-ethyl adjacent to an activating group) is 1. The van der Waals surface area contributed by atoms with E-state index in [0.29, 0.717) is 30.7 Å². The monoisotopic (exact) mass is 383 g/mol. The minimum Gasteiger partial charge on any atom is -0.355 e. The molecule has 2 rings (SSSR count). The molecule has 1 atom stereocenters.